The fourth-order valence-electron chi connectivity index (χ4n) is 0.637. The Labute approximate surface area is 72.0 Å². The highest BCUT2D eigenvalue weighted by atomic mass is 16.2. The van der Waals surface area contributed by atoms with Gasteiger partial charge in [-0.1, -0.05) is 6.58 Å². The molecule has 12 heavy (non-hydrogen) atoms. The Morgan fingerprint density at radius 3 is 2.42 bits per heavy atom. The lowest BCUT2D eigenvalue weighted by atomic mass is 10.4. The zero-order valence-electron chi connectivity index (χ0n) is 7.22. The number of carbonyl (C=O) groups excluding carboxylic acids is 2. The number of hydrogen-bond donors (Lipinski definition) is 2. The van der Waals surface area contributed by atoms with E-state index in [1.165, 1.54) is 13.0 Å². The lowest BCUT2D eigenvalue weighted by Crippen LogP contribution is -2.27. The lowest BCUT2D eigenvalue weighted by Gasteiger charge is -2.02. The highest BCUT2D eigenvalue weighted by molar-refractivity contribution is 5.86. The molecule has 0 fully saturated rings. The summed E-state index contributed by atoms with van der Waals surface area (Å²) in [6.45, 7) is 5.92. The number of hydrogen-bond acceptors (Lipinski definition) is 2. The van der Waals surface area contributed by atoms with Crippen LogP contribution in [0.2, 0.25) is 0 Å². The minimum atomic E-state index is -0.183. The van der Waals surface area contributed by atoms with E-state index in [0.29, 0.717) is 13.1 Å². The summed E-state index contributed by atoms with van der Waals surface area (Å²) in [5, 5.41) is 5.22. The van der Waals surface area contributed by atoms with E-state index in [1.54, 1.807) is 0 Å². The molecule has 0 rings (SSSR count). The van der Waals surface area contributed by atoms with Gasteiger partial charge in [-0.3, -0.25) is 9.59 Å². The molecule has 68 valence electrons. The summed E-state index contributed by atoms with van der Waals surface area (Å²) >= 11 is 0. The normalized spacial score (nSPS) is 8.75. The molecule has 0 spiro atoms. The first-order valence-corrected chi connectivity index (χ1v) is 3.81. The van der Waals surface area contributed by atoms with Gasteiger partial charge in [0.05, 0.1) is 0 Å². The summed E-state index contributed by atoms with van der Waals surface area (Å²) in [6.07, 6.45) is 1.96. The van der Waals surface area contributed by atoms with Crippen LogP contribution in [0.3, 0.4) is 0 Å². The Balaban J connectivity index is 3.16. The molecule has 0 unspecified atom stereocenters. The van der Waals surface area contributed by atoms with Gasteiger partial charge in [-0.2, -0.15) is 0 Å². The van der Waals surface area contributed by atoms with Crippen LogP contribution in [0, 0.1) is 0 Å². The standard InChI is InChI=1S/C8H14N2O2/c1-3-8(12)10-6-4-5-9-7(2)11/h3H,1,4-6H2,2H3,(H,9,11)(H,10,12). The maximum atomic E-state index is 10.6. The summed E-state index contributed by atoms with van der Waals surface area (Å²) in [6, 6.07) is 0. The third kappa shape index (κ3) is 6.80. The van der Waals surface area contributed by atoms with Gasteiger partial charge in [-0.15, -0.1) is 0 Å². The molecule has 0 bridgehead atoms. The molecule has 0 aromatic carbocycles. The molecule has 0 aliphatic carbocycles. The minimum absolute atomic E-state index is 0.0509. The highest BCUT2D eigenvalue weighted by Crippen LogP contribution is 1.74. The summed E-state index contributed by atoms with van der Waals surface area (Å²) in [5.74, 6) is -0.233. The van der Waals surface area contributed by atoms with E-state index in [1.807, 2.05) is 0 Å². The van der Waals surface area contributed by atoms with Gasteiger partial charge in [0.1, 0.15) is 0 Å². The molecule has 0 radical (unpaired) electrons. The molecule has 0 atom stereocenters. The van der Waals surface area contributed by atoms with E-state index in [9.17, 15) is 9.59 Å². The Bertz CT molecular complexity index is 178. The number of carbonyl (C=O) groups is 2. The monoisotopic (exact) mass is 170 g/mol. The molecule has 2 amide bonds. The van der Waals surface area contributed by atoms with E-state index in [-0.39, 0.29) is 11.8 Å². The van der Waals surface area contributed by atoms with Crippen molar-refractivity contribution in [2.45, 2.75) is 13.3 Å². The molecule has 0 aromatic heterocycles. The second-order valence-electron chi connectivity index (χ2n) is 2.33. The Morgan fingerprint density at radius 2 is 1.92 bits per heavy atom. The van der Waals surface area contributed by atoms with Crippen LogP contribution in [0.15, 0.2) is 12.7 Å². The average molecular weight is 170 g/mol. The van der Waals surface area contributed by atoms with Gasteiger partial charge < -0.3 is 10.6 Å². The average Bonchev–Trinajstić information content (AvgIpc) is 2.03. The van der Waals surface area contributed by atoms with Crippen LogP contribution in [0.4, 0.5) is 0 Å². The Hall–Kier alpha value is -1.32. The predicted octanol–water partition coefficient (Wildman–Crippen LogP) is -0.185. The smallest absolute Gasteiger partial charge is 0.243 e. The first-order valence-electron chi connectivity index (χ1n) is 3.81. The molecule has 4 nitrogen and oxygen atoms in total. The molecule has 0 heterocycles. The quantitative estimate of drug-likeness (QED) is 0.444. The first-order chi connectivity index (χ1) is 5.66. The van der Waals surface area contributed by atoms with Crippen molar-refractivity contribution in [1.29, 1.82) is 0 Å². The summed E-state index contributed by atoms with van der Waals surface area (Å²) in [7, 11) is 0. The Morgan fingerprint density at radius 1 is 1.33 bits per heavy atom. The number of nitrogens with one attached hydrogen (secondary N) is 2. The third-order valence-corrected chi connectivity index (χ3v) is 1.21. The number of amides is 2. The van der Waals surface area contributed by atoms with Gasteiger partial charge >= 0.3 is 0 Å². The molecule has 4 heteroatoms. The molecule has 0 saturated heterocycles. The topological polar surface area (TPSA) is 58.2 Å². The van der Waals surface area contributed by atoms with Gasteiger partial charge in [0.2, 0.25) is 11.8 Å². The van der Waals surface area contributed by atoms with Gasteiger partial charge in [0, 0.05) is 20.0 Å². The van der Waals surface area contributed by atoms with Crippen molar-refractivity contribution < 1.29 is 9.59 Å². The zero-order chi connectivity index (χ0) is 9.40. The maximum absolute atomic E-state index is 10.6. The van der Waals surface area contributed by atoms with Crippen LogP contribution in [0.5, 0.6) is 0 Å². The molecule has 0 aliphatic rings. The van der Waals surface area contributed by atoms with Crippen molar-refractivity contribution in [2.24, 2.45) is 0 Å². The highest BCUT2D eigenvalue weighted by Gasteiger charge is 1.93. The first kappa shape index (κ1) is 10.7. The van der Waals surface area contributed by atoms with E-state index in [2.05, 4.69) is 17.2 Å². The molecule has 0 saturated carbocycles. The molecule has 2 N–H and O–H groups in total. The van der Waals surface area contributed by atoms with Crippen LogP contribution in [-0.4, -0.2) is 24.9 Å². The second kappa shape index (κ2) is 6.39. The van der Waals surface area contributed by atoms with Gasteiger partial charge in [0.15, 0.2) is 0 Å². The fraction of sp³-hybridized carbons (Fsp3) is 0.500. The van der Waals surface area contributed by atoms with Crippen LogP contribution >= 0.6 is 0 Å². The van der Waals surface area contributed by atoms with Crippen molar-refractivity contribution in [3.05, 3.63) is 12.7 Å². The zero-order valence-corrected chi connectivity index (χ0v) is 7.22. The predicted molar refractivity (Wildman–Crippen MR) is 46.5 cm³/mol. The van der Waals surface area contributed by atoms with Crippen LogP contribution < -0.4 is 10.6 Å². The summed E-state index contributed by atoms with van der Waals surface area (Å²) in [5.41, 5.74) is 0. The van der Waals surface area contributed by atoms with Crippen molar-refractivity contribution in [3.8, 4) is 0 Å². The van der Waals surface area contributed by atoms with E-state index < -0.39 is 0 Å². The Kier molecular flexibility index (Phi) is 5.69. The van der Waals surface area contributed by atoms with Crippen molar-refractivity contribution in [2.75, 3.05) is 13.1 Å². The molecular formula is C8H14N2O2. The lowest BCUT2D eigenvalue weighted by molar-refractivity contribution is -0.119. The van der Waals surface area contributed by atoms with Crippen molar-refractivity contribution in [3.63, 3.8) is 0 Å². The van der Waals surface area contributed by atoms with E-state index in [4.69, 9.17) is 0 Å². The van der Waals surface area contributed by atoms with Crippen molar-refractivity contribution in [1.82, 2.24) is 10.6 Å². The fourth-order valence-corrected chi connectivity index (χ4v) is 0.637. The second-order valence-corrected chi connectivity index (χ2v) is 2.33. The molecular weight excluding hydrogens is 156 g/mol. The van der Waals surface area contributed by atoms with Gasteiger partial charge in [0.25, 0.3) is 0 Å². The number of rotatable bonds is 5. The maximum Gasteiger partial charge on any atom is 0.243 e. The van der Waals surface area contributed by atoms with Gasteiger partial charge in [-0.25, -0.2) is 0 Å². The SMILES string of the molecule is C=CC(=O)NCCCNC(C)=O. The molecule has 0 aliphatic heterocycles. The van der Waals surface area contributed by atoms with Crippen LogP contribution in [0.1, 0.15) is 13.3 Å². The summed E-state index contributed by atoms with van der Waals surface area (Å²) in [4.78, 5) is 21.0. The molecule has 0 aromatic rings. The van der Waals surface area contributed by atoms with Crippen molar-refractivity contribution >= 4 is 11.8 Å². The van der Waals surface area contributed by atoms with E-state index in [0.717, 1.165) is 6.42 Å². The van der Waals surface area contributed by atoms with Crippen LogP contribution in [-0.2, 0) is 9.59 Å². The third-order valence-electron chi connectivity index (χ3n) is 1.21. The van der Waals surface area contributed by atoms with E-state index >= 15 is 0 Å². The van der Waals surface area contributed by atoms with Crippen LogP contribution in [0.25, 0.3) is 0 Å². The summed E-state index contributed by atoms with van der Waals surface area (Å²) < 4.78 is 0. The minimum Gasteiger partial charge on any atom is -0.356 e. The van der Waals surface area contributed by atoms with Gasteiger partial charge in [-0.05, 0) is 12.5 Å². The largest absolute Gasteiger partial charge is 0.356 e.